The Labute approximate surface area is 97.3 Å². The summed E-state index contributed by atoms with van der Waals surface area (Å²) in [6, 6.07) is 11.4. The van der Waals surface area contributed by atoms with E-state index in [1.165, 1.54) is 11.1 Å². The van der Waals surface area contributed by atoms with Crippen LogP contribution in [0.2, 0.25) is 0 Å². The van der Waals surface area contributed by atoms with Crippen LogP contribution in [0.15, 0.2) is 24.3 Å². The molecule has 0 aliphatic heterocycles. The van der Waals surface area contributed by atoms with Gasteiger partial charge in [0.25, 0.3) is 0 Å². The average molecular weight is 214 g/mol. The number of hydrogen-bond acceptors (Lipinski definition) is 2. The minimum absolute atomic E-state index is 0.00950. The number of aryl methyl sites for hydroxylation is 1. The number of rotatable bonds is 3. The maximum atomic E-state index is 8.94. The van der Waals surface area contributed by atoms with E-state index in [9.17, 15) is 0 Å². The zero-order valence-electron chi connectivity index (χ0n) is 9.74. The Kier molecular flexibility index (Phi) is 3.58. The first-order valence-corrected chi connectivity index (χ1v) is 6.06. The van der Waals surface area contributed by atoms with Crippen LogP contribution in [-0.2, 0) is 12.8 Å². The van der Waals surface area contributed by atoms with Crippen molar-refractivity contribution in [2.45, 2.75) is 44.7 Å². The van der Waals surface area contributed by atoms with Crippen molar-refractivity contribution < 1.29 is 0 Å². The molecule has 2 atom stereocenters. The van der Waals surface area contributed by atoms with Crippen LogP contribution in [0.1, 0.15) is 30.9 Å². The summed E-state index contributed by atoms with van der Waals surface area (Å²) in [5.74, 6) is 0. The van der Waals surface area contributed by atoms with Crippen LogP contribution in [-0.4, -0.2) is 12.1 Å². The molecule has 0 heterocycles. The van der Waals surface area contributed by atoms with Gasteiger partial charge in [0.15, 0.2) is 0 Å². The molecule has 2 nitrogen and oxygen atoms in total. The van der Waals surface area contributed by atoms with Crippen LogP contribution >= 0.6 is 0 Å². The Morgan fingerprint density at radius 1 is 1.44 bits per heavy atom. The van der Waals surface area contributed by atoms with E-state index in [0.717, 1.165) is 25.7 Å². The van der Waals surface area contributed by atoms with E-state index in [0.29, 0.717) is 6.04 Å². The Morgan fingerprint density at radius 3 is 2.88 bits per heavy atom. The predicted molar refractivity (Wildman–Crippen MR) is 65.1 cm³/mol. The van der Waals surface area contributed by atoms with Gasteiger partial charge in [0.1, 0.15) is 0 Å². The fourth-order valence-electron chi connectivity index (χ4n) is 2.37. The molecular formula is C14H18N2. The third kappa shape index (κ3) is 2.43. The molecule has 0 fully saturated rings. The zero-order chi connectivity index (χ0) is 11.4. The van der Waals surface area contributed by atoms with Crippen molar-refractivity contribution in [3.8, 4) is 6.07 Å². The second-order valence-electron chi connectivity index (χ2n) is 4.47. The Balaban J connectivity index is 2.00. The molecule has 0 amide bonds. The van der Waals surface area contributed by atoms with Gasteiger partial charge in [0, 0.05) is 6.04 Å². The van der Waals surface area contributed by atoms with Crippen molar-refractivity contribution in [2.24, 2.45) is 0 Å². The van der Waals surface area contributed by atoms with Gasteiger partial charge in [0.2, 0.25) is 0 Å². The molecular weight excluding hydrogens is 196 g/mol. The third-order valence-corrected chi connectivity index (χ3v) is 3.35. The standard InChI is InChI=1S/C14H18N2/c1-2-13(10-15)16-14-8-7-11-5-3-4-6-12(11)9-14/h3-6,13-14,16H,2,7-9H2,1H3. The molecule has 16 heavy (non-hydrogen) atoms. The van der Waals surface area contributed by atoms with Crippen LogP contribution in [0.3, 0.4) is 0 Å². The highest BCUT2D eigenvalue weighted by atomic mass is 14.9. The van der Waals surface area contributed by atoms with Crippen molar-refractivity contribution in [2.75, 3.05) is 0 Å². The van der Waals surface area contributed by atoms with Crippen LogP contribution in [0.5, 0.6) is 0 Å². The van der Waals surface area contributed by atoms with Gasteiger partial charge in [0.05, 0.1) is 12.1 Å². The van der Waals surface area contributed by atoms with E-state index in [1.54, 1.807) is 0 Å². The molecule has 1 N–H and O–H groups in total. The Hall–Kier alpha value is -1.33. The number of nitriles is 1. The van der Waals surface area contributed by atoms with Gasteiger partial charge in [-0.1, -0.05) is 31.2 Å². The normalized spacial score (nSPS) is 20.9. The molecule has 2 heteroatoms. The summed E-state index contributed by atoms with van der Waals surface area (Å²) in [7, 11) is 0. The van der Waals surface area contributed by atoms with Crippen molar-refractivity contribution in [3.63, 3.8) is 0 Å². The molecule has 2 unspecified atom stereocenters. The highest BCUT2D eigenvalue weighted by molar-refractivity contribution is 5.30. The van der Waals surface area contributed by atoms with Gasteiger partial charge in [-0.2, -0.15) is 5.26 Å². The first-order valence-electron chi connectivity index (χ1n) is 6.06. The quantitative estimate of drug-likeness (QED) is 0.839. The summed E-state index contributed by atoms with van der Waals surface area (Å²) >= 11 is 0. The lowest BCUT2D eigenvalue weighted by atomic mass is 9.88. The first kappa shape index (κ1) is 11.2. The highest BCUT2D eigenvalue weighted by Crippen LogP contribution is 2.21. The SMILES string of the molecule is CCC(C#N)NC1CCc2ccccc2C1. The smallest absolute Gasteiger partial charge is 0.0952 e. The third-order valence-electron chi connectivity index (χ3n) is 3.35. The summed E-state index contributed by atoms with van der Waals surface area (Å²) < 4.78 is 0. The molecule has 0 spiro atoms. The van der Waals surface area contributed by atoms with E-state index >= 15 is 0 Å². The van der Waals surface area contributed by atoms with Crippen LogP contribution < -0.4 is 5.32 Å². The van der Waals surface area contributed by atoms with Gasteiger partial charge < -0.3 is 0 Å². The summed E-state index contributed by atoms with van der Waals surface area (Å²) in [5, 5.41) is 12.4. The number of benzene rings is 1. The Bertz CT molecular complexity index is 392. The topological polar surface area (TPSA) is 35.8 Å². The molecule has 2 rings (SSSR count). The summed E-state index contributed by atoms with van der Waals surface area (Å²) in [6.45, 7) is 2.05. The minimum atomic E-state index is 0.00950. The summed E-state index contributed by atoms with van der Waals surface area (Å²) in [6.07, 6.45) is 4.23. The molecule has 0 aromatic heterocycles. The van der Waals surface area contributed by atoms with Gasteiger partial charge in [-0.3, -0.25) is 5.32 Å². The zero-order valence-corrected chi connectivity index (χ0v) is 9.74. The molecule has 1 aromatic rings. The van der Waals surface area contributed by atoms with Crippen LogP contribution in [0.25, 0.3) is 0 Å². The van der Waals surface area contributed by atoms with E-state index < -0.39 is 0 Å². The number of nitrogens with one attached hydrogen (secondary N) is 1. The maximum Gasteiger partial charge on any atom is 0.0952 e. The van der Waals surface area contributed by atoms with Crippen molar-refractivity contribution in [3.05, 3.63) is 35.4 Å². The van der Waals surface area contributed by atoms with Crippen molar-refractivity contribution >= 4 is 0 Å². The van der Waals surface area contributed by atoms with Gasteiger partial charge in [-0.15, -0.1) is 0 Å². The summed E-state index contributed by atoms with van der Waals surface area (Å²) in [5.41, 5.74) is 2.92. The second kappa shape index (κ2) is 5.14. The van der Waals surface area contributed by atoms with Crippen LogP contribution in [0.4, 0.5) is 0 Å². The molecule has 1 aliphatic rings. The van der Waals surface area contributed by atoms with Gasteiger partial charge in [-0.05, 0) is 36.8 Å². The van der Waals surface area contributed by atoms with Crippen LogP contribution in [0, 0.1) is 11.3 Å². The van der Waals surface area contributed by atoms with E-state index in [-0.39, 0.29) is 6.04 Å². The molecule has 0 saturated carbocycles. The number of hydrogen-bond donors (Lipinski definition) is 1. The lowest BCUT2D eigenvalue weighted by Gasteiger charge is -2.27. The molecule has 84 valence electrons. The van der Waals surface area contributed by atoms with Crippen molar-refractivity contribution in [1.82, 2.24) is 5.32 Å². The minimum Gasteiger partial charge on any atom is -0.299 e. The lowest BCUT2D eigenvalue weighted by molar-refractivity contribution is 0.424. The lowest BCUT2D eigenvalue weighted by Crippen LogP contribution is -2.40. The first-order chi connectivity index (χ1) is 7.83. The highest BCUT2D eigenvalue weighted by Gasteiger charge is 2.19. The van der Waals surface area contributed by atoms with Gasteiger partial charge in [-0.25, -0.2) is 0 Å². The number of nitrogens with zero attached hydrogens (tertiary/aromatic N) is 1. The predicted octanol–water partition coefficient (Wildman–Crippen LogP) is 2.44. The molecule has 0 saturated heterocycles. The van der Waals surface area contributed by atoms with E-state index in [1.807, 2.05) is 0 Å². The molecule has 1 aromatic carbocycles. The van der Waals surface area contributed by atoms with E-state index in [4.69, 9.17) is 5.26 Å². The van der Waals surface area contributed by atoms with Gasteiger partial charge >= 0.3 is 0 Å². The maximum absolute atomic E-state index is 8.94. The number of fused-ring (bicyclic) bond motifs is 1. The summed E-state index contributed by atoms with van der Waals surface area (Å²) in [4.78, 5) is 0. The second-order valence-corrected chi connectivity index (χ2v) is 4.47. The van der Waals surface area contributed by atoms with Crippen molar-refractivity contribution in [1.29, 1.82) is 5.26 Å². The van der Waals surface area contributed by atoms with E-state index in [2.05, 4.69) is 42.6 Å². The average Bonchev–Trinajstić information content (AvgIpc) is 2.35. The Morgan fingerprint density at radius 2 is 2.19 bits per heavy atom. The fourth-order valence-corrected chi connectivity index (χ4v) is 2.37. The molecule has 0 radical (unpaired) electrons. The monoisotopic (exact) mass is 214 g/mol. The molecule has 1 aliphatic carbocycles. The largest absolute Gasteiger partial charge is 0.299 e. The fraction of sp³-hybridized carbons (Fsp3) is 0.500. The molecule has 0 bridgehead atoms.